The molecule has 1 aliphatic rings. The Hall–Kier alpha value is -1.62. The maximum atomic E-state index is 4.44. The number of anilines is 1. The number of fused-ring (bicyclic) bond motifs is 1. The summed E-state index contributed by atoms with van der Waals surface area (Å²) in [6.07, 6.45) is 5.94. The molecule has 5 heteroatoms. The third kappa shape index (κ3) is 3.10. The second-order valence-corrected chi connectivity index (χ2v) is 4.82. The first-order chi connectivity index (χ1) is 9.88. The second kappa shape index (κ2) is 7.24. The van der Waals surface area contributed by atoms with Gasteiger partial charge in [-0.3, -0.25) is 0 Å². The van der Waals surface area contributed by atoms with Crippen molar-refractivity contribution in [2.45, 2.75) is 39.7 Å². The first-order valence-electron chi connectivity index (χ1n) is 7.65. The third-order valence-electron chi connectivity index (χ3n) is 3.50. The van der Waals surface area contributed by atoms with Crippen LogP contribution in [-0.2, 0) is 0 Å². The van der Waals surface area contributed by atoms with Crippen molar-refractivity contribution >= 4 is 16.9 Å². The Kier molecular flexibility index (Phi) is 5.35. The zero-order valence-corrected chi connectivity index (χ0v) is 12.7. The molecule has 1 unspecified atom stereocenters. The fourth-order valence-electron chi connectivity index (χ4n) is 2.58. The normalized spacial score (nSPS) is 18.1. The molecule has 0 spiro atoms. The van der Waals surface area contributed by atoms with E-state index in [4.69, 9.17) is 0 Å². The number of rotatable bonds is 4. The summed E-state index contributed by atoms with van der Waals surface area (Å²) in [5, 5.41) is 4.70. The Morgan fingerprint density at radius 2 is 2.25 bits per heavy atom. The summed E-state index contributed by atoms with van der Waals surface area (Å²) >= 11 is 0. The minimum Gasteiger partial charge on any atom is -0.354 e. The predicted molar refractivity (Wildman–Crippen MR) is 84.1 cm³/mol. The molecule has 0 aliphatic carbocycles. The van der Waals surface area contributed by atoms with Gasteiger partial charge in [-0.2, -0.15) is 0 Å². The van der Waals surface area contributed by atoms with Crippen LogP contribution < -0.4 is 10.2 Å². The van der Waals surface area contributed by atoms with E-state index >= 15 is 0 Å². The predicted octanol–water partition coefficient (Wildman–Crippen LogP) is 2.56. The Labute approximate surface area is 120 Å². The molecule has 2 N–H and O–H groups in total. The van der Waals surface area contributed by atoms with Crippen molar-refractivity contribution in [3.8, 4) is 0 Å². The highest BCUT2D eigenvalue weighted by Gasteiger charge is 2.24. The van der Waals surface area contributed by atoms with Crippen LogP contribution in [0.25, 0.3) is 11.0 Å². The zero-order chi connectivity index (χ0) is 14.4. The molecule has 0 bridgehead atoms. The fourth-order valence-corrected chi connectivity index (χ4v) is 2.58. The molecule has 0 saturated carbocycles. The van der Waals surface area contributed by atoms with Crippen molar-refractivity contribution in [1.29, 1.82) is 0 Å². The summed E-state index contributed by atoms with van der Waals surface area (Å²) < 4.78 is 0. The minimum absolute atomic E-state index is 0.592. The molecule has 1 fully saturated rings. The quantitative estimate of drug-likeness (QED) is 0.900. The van der Waals surface area contributed by atoms with Crippen molar-refractivity contribution in [2.24, 2.45) is 0 Å². The monoisotopic (exact) mass is 275 g/mol. The lowest BCUT2D eigenvalue weighted by Crippen LogP contribution is -2.33. The molecular formula is C15H25N5. The molecule has 1 atom stereocenters. The third-order valence-corrected chi connectivity index (χ3v) is 3.50. The van der Waals surface area contributed by atoms with Gasteiger partial charge in [-0.15, -0.1) is 0 Å². The van der Waals surface area contributed by atoms with Gasteiger partial charge in [0.25, 0.3) is 0 Å². The number of hydrogen-bond donors (Lipinski definition) is 2. The minimum atomic E-state index is 0.592. The van der Waals surface area contributed by atoms with Gasteiger partial charge in [0.15, 0.2) is 0 Å². The number of nitrogens with one attached hydrogen (secondary N) is 2. The lowest BCUT2D eigenvalue weighted by atomic mass is 10.2. The molecule has 3 heterocycles. The number of aromatic amines is 1. The van der Waals surface area contributed by atoms with Crippen molar-refractivity contribution in [3.05, 3.63) is 18.6 Å². The molecule has 2 aromatic rings. The van der Waals surface area contributed by atoms with Crippen molar-refractivity contribution in [1.82, 2.24) is 20.3 Å². The largest absolute Gasteiger partial charge is 0.354 e. The molecule has 0 aromatic carbocycles. The number of nitrogens with zero attached hydrogens (tertiary/aromatic N) is 3. The highest BCUT2D eigenvalue weighted by Crippen LogP contribution is 2.25. The average Bonchev–Trinajstić information content (AvgIpc) is 3.15. The van der Waals surface area contributed by atoms with Gasteiger partial charge in [0.05, 0.1) is 5.39 Å². The summed E-state index contributed by atoms with van der Waals surface area (Å²) in [4.78, 5) is 14.2. The summed E-state index contributed by atoms with van der Waals surface area (Å²) in [6, 6.07) is 2.64. The molecule has 0 radical (unpaired) electrons. The highest BCUT2D eigenvalue weighted by molar-refractivity contribution is 5.87. The van der Waals surface area contributed by atoms with Gasteiger partial charge in [0, 0.05) is 25.3 Å². The molecule has 0 amide bonds. The topological polar surface area (TPSA) is 56.8 Å². The van der Waals surface area contributed by atoms with Crippen molar-refractivity contribution in [3.63, 3.8) is 0 Å². The maximum Gasteiger partial charge on any atom is 0.142 e. The summed E-state index contributed by atoms with van der Waals surface area (Å²) in [5.74, 6) is 1.06. The van der Waals surface area contributed by atoms with Crippen LogP contribution >= 0.6 is 0 Å². The van der Waals surface area contributed by atoms with Gasteiger partial charge in [0.2, 0.25) is 0 Å². The van der Waals surface area contributed by atoms with E-state index in [1.165, 1.54) is 12.8 Å². The molecular weight excluding hydrogens is 250 g/mol. The Morgan fingerprint density at radius 3 is 3.05 bits per heavy atom. The van der Waals surface area contributed by atoms with Crippen LogP contribution in [0.3, 0.4) is 0 Å². The van der Waals surface area contributed by atoms with Gasteiger partial charge in [-0.25, -0.2) is 9.97 Å². The number of aromatic nitrogens is 3. The Bertz CT molecular complexity index is 522. The first-order valence-corrected chi connectivity index (χ1v) is 7.65. The lowest BCUT2D eigenvalue weighted by Gasteiger charge is -2.18. The maximum absolute atomic E-state index is 4.44. The van der Waals surface area contributed by atoms with Gasteiger partial charge >= 0.3 is 0 Å². The number of H-pyrrole nitrogens is 1. The fraction of sp³-hybridized carbons (Fsp3) is 0.600. The lowest BCUT2D eigenvalue weighted by molar-refractivity contribution is 0.549. The van der Waals surface area contributed by atoms with E-state index in [1.54, 1.807) is 6.33 Å². The van der Waals surface area contributed by atoms with Crippen LogP contribution in [-0.4, -0.2) is 40.6 Å². The molecule has 5 nitrogen and oxygen atoms in total. The van der Waals surface area contributed by atoms with Crippen LogP contribution in [0.15, 0.2) is 18.6 Å². The van der Waals surface area contributed by atoms with Crippen LogP contribution in [0, 0.1) is 0 Å². The van der Waals surface area contributed by atoms with E-state index < -0.39 is 0 Å². The van der Waals surface area contributed by atoms with Gasteiger partial charge in [0.1, 0.15) is 17.8 Å². The molecule has 20 heavy (non-hydrogen) atoms. The van der Waals surface area contributed by atoms with Crippen molar-refractivity contribution < 1.29 is 0 Å². The van der Waals surface area contributed by atoms with E-state index in [-0.39, 0.29) is 0 Å². The van der Waals surface area contributed by atoms with E-state index in [0.29, 0.717) is 6.04 Å². The standard InChI is InChI=1S/C13H19N5.C2H6/c1-2-5-14-10-4-7-18(8-10)13-11-3-6-15-12(11)16-9-17-13;1-2/h3,6,9-10,14H,2,4-5,7-8H2,1H3,(H,15,16,17);1-2H3. The second-order valence-electron chi connectivity index (χ2n) is 4.82. The molecule has 1 saturated heterocycles. The Morgan fingerprint density at radius 1 is 1.40 bits per heavy atom. The summed E-state index contributed by atoms with van der Waals surface area (Å²) in [5.41, 5.74) is 0.921. The van der Waals surface area contributed by atoms with E-state index in [2.05, 4.69) is 38.2 Å². The van der Waals surface area contributed by atoms with Crippen LogP contribution in [0.4, 0.5) is 5.82 Å². The molecule has 2 aromatic heterocycles. The van der Waals surface area contributed by atoms with E-state index in [0.717, 1.165) is 36.5 Å². The zero-order valence-electron chi connectivity index (χ0n) is 12.7. The van der Waals surface area contributed by atoms with Gasteiger partial charge < -0.3 is 15.2 Å². The highest BCUT2D eigenvalue weighted by atomic mass is 15.2. The van der Waals surface area contributed by atoms with E-state index in [1.807, 2.05) is 20.0 Å². The summed E-state index contributed by atoms with van der Waals surface area (Å²) in [7, 11) is 0. The summed E-state index contributed by atoms with van der Waals surface area (Å²) in [6.45, 7) is 9.41. The number of hydrogen-bond acceptors (Lipinski definition) is 4. The van der Waals surface area contributed by atoms with Gasteiger partial charge in [-0.1, -0.05) is 20.8 Å². The van der Waals surface area contributed by atoms with Gasteiger partial charge in [-0.05, 0) is 25.5 Å². The molecule has 1 aliphatic heterocycles. The van der Waals surface area contributed by atoms with Crippen LogP contribution in [0.2, 0.25) is 0 Å². The average molecular weight is 275 g/mol. The smallest absolute Gasteiger partial charge is 0.142 e. The van der Waals surface area contributed by atoms with Crippen molar-refractivity contribution in [2.75, 3.05) is 24.5 Å². The first kappa shape index (κ1) is 14.8. The molecule has 110 valence electrons. The molecule has 3 rings (SSSR count). The Balaban J connectivity index is 0.000000704. The SMILES string of the molecule is CC.CCCNC1CCN(c2ncnc3[nH]ccc23)C1. The van der Waals surface area contributed by atoms with E-state index in [9.17, 15) is 0 Å². The van der Waals surface area contributed by atoms with Crippen LogP contribution in [0.1, 0.15) is 33.6 Å². The van der Waals surface area contributed by atoms with Crippen LogP contribution in [0.5, 0.6) is 0 Å².